The van der Waals surface area contributed by atoms with Gasteiger partial charge in [-0.05, 0) is 24.3 Å². The maximum Gasteiger partial charge on any atom is 0.338 e. The zero-order chi connectivity index (χ0) is 17.1. The van der Waals surface area contributed by atoms with E-state index in [-0.39, 0.29) is 23.8 Å². The van der Waals surface area contributed by atoms with Gasteiger partial charge in [-0.2, -0.15) is 5.10 Å². The zero-order valence-corrected chi connectivity index (χ0v) is 12.9. The second-order valence-electron chi connectivity index (χ2n) is 5.58. The van der Waals surface area contributed by atoms with Gasteiger partial charge < -0.3 is 14.9 Å². The molecular formula is C16H17FN4O3. The minimum atomic E-state index is -1.07. The molecule has 1 amide bonds. The number of carboxylic acids is 1. The number of halogens is 1. The molecule has 1 aliphatic heterocycles. The van der Waals surface area contributed by atoms with Crippen LogP contribution in [0, 0.1) is 5.82 Å². The highest BCUT2D eigenvalue weighted by Gasteiger charge is 2.22. The Hall–Kier alpha value is -2.90. The number of aromatic carboxylic acids is 1. The number of hydrogen-bond acceptors (Lipinski definition) is 4. The van der Waals surface area contributed by atoms with Crippen LogP contribution in [0.1, 0.15) is 10.4 Å². The van der Waals surface area contributed by atoms with E-state index in [0.717, 1.165) is 5.69 Å². The van der Waals surface area contributed by atoms with Crippen LogP contribution < -0.4 is 4.90 Å². The Bertz CT molecular complexity index is 736. The lowest BCUT2D eigenvalue weighted by molar-refractivity contribution is -0.132. The van der Waals surface area contributed by atoms with E-state index in [4.69, 9.17) is 5.11 Å². The van der Waals surface area contributed by atoms with E-state index in [9.17, 15) is 14.0 Å². The van der Waals surface area contributed by atoms with E-state index in [1.54, 1.807) is 17.0 Å². The molecular weight excluding hydrogens is 315 g/mol. The molecule has 8 heteroatoms. The summed E-state index contributed by atoms with van der Waals surface area (Å²) in [7, 11) is 0. The van der Waals surface area contributed by atoms with E-state index in [1.807, 2.05) is 0 Å². The van der Waals surface area contributed by atoms with Gasteiger partial charge in [-0.15, -0.1) is 0 Å². The molecule has 0 unspecified atom stereocenters. The molecule has 1 aliphatic rings. The molecule has 0 aliphatic carbocycles. The summed E-state index contributed by atoms with van der Waals surface area (Å²) < 4.78 is 14.3. The highest BCUT2D eigenvalue weighted by molar-refractivity contribution is 5.87. The number of carboxylic acid groups (broad SMARTS) is 1. The Morgan fingerprint density at radius 3 is 2.38 bits per heavy atom. The molecule has 1 aromatic heterocycles. The fraction of sp³-hybridized carbons (Fsp3) is 0.312. The molecule has 2 heterocycles. The molecule has 1 aromatic carbocycles. The molecule has 2 aromatic rings. The number of carbonyl (C=O) groups is 2. The minimum Gasteiger partial charge on any atom is -0.478 e. The summed E-state index contributed by atoms with van der Waals surface area (Å²) in [6, 6.07) is 6.29. The Balaban J connectivity index is 1.54. The van der Waals surface area contributed by atoms with Crippen molar-refractivity contribution in [2.45, 2.75) is 6.54 Å². The number of anilines is 1. The fourth-order valence-corrected chi connectivity index (χ4v) is 2.67. The van der Waals surface area contributed by atoms with E-state index < -0.39 is 5.97 Å². The molecule has 0 radical (unpaired) electrons. The van der Waals surface area contributed by atoms with Gasteiger partial charge in [0.2, 0.25) is 5.91 Å². The Morgan fingerprint density at radius 1 is 1.12 bits per heavy atom. The number of piperazine rings is 1. The summed E-state index contributed by atoms with van der Waals surface area (Å²) in [6.45, 7) is 2.46. The minimum absolute atomic E-state index is 0.0177. The van der Waals surface area contributed by atoms with Crippen LogP contribution in [0.4, 0.5) is 10.1 Å². The molecule has 1 fully saturated rings. The van der Waals surface area contributed by atoms with E-state index in [1.165, 1.54) is 29.2 Å². The van der Waals surface area contributed by atoms with Crippen molar-refractivity contribution in [1.29, 1.82) is 0 Å². The zero-order valence-electron chi connectivity index (χ0n) is 12.9. The molecule has 1 saturated heterocycles. The fourth-order valence-electron chi connectivity index (χ4n) is 2.67. The molecule has 0 saturated carbocycles. The van der Waals surface area contributed by atoms with Crippen LogP contribution in [0.5, 0.6) is 0 Å². The highest BCUT2D eigenvalue weighted by atomic mass is 19.1. The Kier molecular flexibility index (Phi) is 4.45. The van der Waals surface area contributed by atoms with Crippen LogP contribution in [0.2, 0.25) is 0 Å². The van der Waals surface area contributed by atoms with Crippen molar-refractivity contribution in [3.63, 3.8) is 0 Å². The quantitative estimate of drug-likeness (QED) is 0.906. The first-order chi connectivity index (χ1) is 11.5. The Labute approximate surface area is 137 Å². The predicted octanol–water partition coefficient (Wildman–Crippen LogP) is 1.07. The van der Waals surface area contributed by atoms with Gasteiger partial charge in [-0.25, -0.2) is 9.18 Å². The number of rotatable bonds is 4. The number of hydrogen-bond donors (Lipinski definition) is 1. The van der Waals surface area contributed by atoms with Crippen LogP contribution in [-0.4, -0.2) is 57.8 Å². The lowest BCUT2D eigenvalue weighted by Crippen LogP contribution is -2.49. The molecule has 0 spiro atoms. The number of aromatic nitrogens is 2. The van der Waals surface area contributed by atoms with Gasteiger partial charge in [0.25, 0.3) is 0 Å². The van der Waals surface area contributed by atoms with Crippen molar-refractivity contribution in [3.8, 4) is 0 Å². The molecule has 126 valence electrons. The molecule has 24 heavy (non-hydrogen) atoms. The van der Waals surface area contributed by atoms with Gasteiger partial charge >= 0.3 is 5.97 Å². The lowest BCUT2D eigenvalue weighted by atomic mass is 10.2. The summed E-state index contributed by atoms with van der Waals surface area (Å²) in [6.07, 6.45) is 2.57. The third-order valence-electron chi connectivity index (χ3n) is 4.00. The van der Waals surface area contributed by atoms with Crippen LogP contribution >= 0.6 is 0 Å². The van der Waals surface area contributed by atoms with Crippen molar-refractivity contribution in [2.75, 3.05) is 31.1 Å². The van der Waals surface area contributed by atoms with Crippen molar-refractivity contribution in [3.05, 3.63) is 48.0 Å². The maximum absolute atomic E-state index is 13.0. The smallest absolute Gasteiger partial charge is 0.338 e. The average Bonchev–Trinajstić information content (AvgIpc) is 3.04. The van der Waals surface area contributed by atoms with E-state index >= 15 is 0 Å². The molecule has 0 atom stereocenters. The average molecular weight is 332 g/mol. The summed E-state index contributed by atoms with van der Waals surface area (Å²) in [5, 5.41) is 12.7. The number of nitrogens with zero attached hydrogens (tertiary/aromatic N) is 4. The first-order valence-electron chi connectivity index (χ1n) is 7.57. The van der Waals surface area contributed by atoms with Gasteiger partial charge in [0.15, 0.2) is 0 Å². The van der Waals surface area contributed by atoms with Gasteiger partial charge in [0.05, 0.1) is 11.8 Å². The number of benzene rings is 1. The standard InChI is InChI=1S/C16H17FN4O3/c17-13-1-3-14(4-2-13)19-5-7-20(8-6-19)15(22)11-21-10-12(9-18-21)16(23)24/h1-4,9-10H,5-8,11H2,(H,23,24). The lowest BCUT2D eigenvalue weighted by Gasteiger charge is -2.36. The van der Waals surface area contributed by atoms with E-state index in [0.29, 0.717) is 26.2 Å². The second kappa shape index (κ2) is 6.69. The topological polar surface area (TPSA) is 78.7 Å². The molecule has 1 N–H and O–H groups in total. The molecule has 7 nitrogen and oxygen atoms in total. The first kappa shape index (κ1) is 16.0. The first-order valence-corrected chi connectivity index (χ1v) is 7.57. The van der Waals surface area contributed by atoms with Gasteiger partial charge in [-0.1, -0.05) is 0 Å². The summed E-state index contributed by atoms with van der Waals surface area (Å²) >= 11 is 0. The van der Waals surface area contributed by atoms with Crippen LogP contribution in [0.15, 0.2) is 36.7 Å². The highest BCUT2D eigenvalue weighted by Crippen LogP contribution is 2.17. The Morgan fingerprint density at radius 2 is 1.79 bits per heavy atom. The van der Waals surface area contributed by atoms with Gasteiger partial charge in [-0.3, -0.25) is 9.48 Å². The molecule has 3 rings (SSSR count). The summed E-state index contributed by atoms with van der Waals surface area (Å²) in [5.41, 5.74) is 0.991. The van der Waals surface area contributed by atoms with Crippen LogP contribution in [-0.2, 0) is 11.3 Å². The summed E-state index contributed by atoms with van der Waals surface area (Å²) in [4.78, 5) is 26.9. The van der Waals surface area contributed by atoms with Crippen LogP contribution in [0.3, 0.4) is 0 Å². The predicted molar refractivity (Wildman–Crippen MR) is 84.4 cm³/mol. The third-order valence-corrected chi connectivity index (χ3v) is 4.00. The van der Waals surface area contributed by atoms with Crippen molar-refractivity contribution in [1.82, 2.24) is 14.7 Å². The number of carbonyl (C=O) groups excluding carboxylic acids is 1. The largest absolute Gasteiger partial charge is 0.478 e. The number of amides is 1. The third kappa shape index (κ3) is 3.53. The monoisotopic (exact) mass is 332 g/mol. The van der Waals surface area contributed by atoms with Gasteiger partial charge in [0.1, 0.15) is 12.4 Å². The maximum atomic E-state index is 13.0. The van der Waals surface area contributed by atoms with Crippen molar-refractivity contribution < 1.29 is 19.1 Å². The second-order valence-corrected chi connectivity index (χ2v) is 5.58. The van der Waals surface area contributed by atoms with Gasteiger partial charge in [0, 0.05) is 38.1 Å². The SMILES string of the molecule is O=C(O)c1cnn(CC(=O)N2CCN(c3ccc(F)cc3)CC2)c1. The normalized spacial score (nSPS) is 14.7. The van der Waals surface area contributed by atoms with E-state index in [2.05, 4.69) is 10.00 Å². The van der Waals surface area contributed by atoms with Crippen molar-refractivity contribution in [2.24, 2.45) is 0 Å². The van der Waals surface area contributed by atoms with Crippen LogP contribution in [0.25, 0.3) is 0 Å². The van der Waals surface area contributed by atoms with Crippen molar-refractivity contribution >= 4 is 17.6 Å². The molecule has 0 bridgehead atoms. The summed E-state index contributed by atoms with van der Waals surface area (Å²) in [5.74, 6) is -1.44.